The SMILES string of the molecule is Nc1nc(-c2ccc3c(c2)CCCC3)c(CO)s1. The molecule has 3 nitrogen and oxygen atoms in total. The highest BCUT2D eigenvalue weighted by Gasteiger charge is 2.14. The maximum absolute atomic E-state index is 9.35. The van der Waals surface area contributed by atoms with E-state index in [0.717, 1.165) is 22.6 Å². The van der Waals surface area contributed by atoms with E-state index in [1.807, 2.05) is 0 Å². The Bertz CT molecular complexity index is 577. The van der Waals surface area contributed by atoms with Gasteiger partial charge in [-0.3, -0.25) is 0 Å². The quantitative estimate of drug-likeness (QED) is 0.873. The van der Waals surface area contributed by atoms with Gasteiger partial charge in [-0.05, 0) is 42.9 Å². The number of fused-ring (bicyclic) bond motifs is 1. The molecule has 0 aliphatic heterocycles. The largest absolute Gasteiger partial charge is 0.391 e. The fourth-order valence-electron chi connectivity index (χ4n) is 2.58. The summed E-state index contributed by atoms with van der Waals surface area (Å²) >= 11 is 1.36. The van der Waals surface area contributed by atoms with Gasteiger partial charge in [0, 0.05) is 5.56 Å². The second-order valence-corrected chi connectivity index (χ2v) is 5.79. The lowest BCUT2D eigenvalue weighted by Gasteiger charge is -2.16. The van der Waals surface area contributed by atoms with Crippen molar-refractivity contribution in [2.24, 2.45) is 0 Å². The van der Waals surface area contributed by atoms with E-state index in [2.05, 4.69) is 23.2 Å². The molecule has 0 atom stereocenters. The van der Waals surface area contributed by atoms with Crippen LogP contribution in [0.25, 0.3) is 11.3 Å². The zero-order valence-electron chi connectivity index (χ0n) is 10.1. The smallest absolute Gasteiger partial charge is 0.180 e. The highest BCUT2D eigenvalue weighted by atomic mass is 32.1. The molecule has 3 rings (SSSR count). The minimum absolute atomic E-state index is 0.00127. The number of hydrogen-bond donors (Lipinski definition) is 2. The molecule has 1 aromatic heterocycles. The first-order chi connectivity index (χ1) is 8.78. The lowest BCUT2D eigenvalue weighted by molar-refractivity contribution is 0.286. The second kappa shape index (κ2) is 4.71. The molecule has 0 spiro atoms. The van der Waals surface area contributed by atoms with Crippen LogP contribution < -0.4 is 5.73 Å². The zero-order valence-corrected chi connectivity index (χ0v) is 11.0. The van der Waals surface area contributed by atoms with E-state index in [1.165, 1.54) is 41.7 Å². The Hall–Kier alpha value is -1.39. The molecule has 0 saturated carbocycles. The summed E-state index contributed by atoms with van der Waals surface area (Å²) in [6, 6.07) is 6.50. The molecule has 1 aromatic carbocycles. The Morgan fingerprint density at radius 2 is 2.00 bits per heavy atom. The van der Waals surface area contributed by atoms with Gasteiger partial charge >= 0.3 is 0 Å². The molecular formula is C14H16N2OS. The molecule has 1 aliphatic carbocycles. The van der Waals surface area contributed by atoms with Gasteiger partial charge in [0.25, 0.3) is 0 Å². The van der Waals surface area contributed by atoms with Crippen molar-refractivity contribution < 1.29 is 5.11 Å². The van der Waals surface area contributed by atoms with Gasteiger partial charge in [-0.25, -0.2) is 4.98 Å². The molecule has 0 radical (unpaired) electrons. The van der Waals surface area contributed by atoms with E-state index in [1.54, 1.807) is 0 Å². The molecule has 1 heterocycles. The summed E-state index contributed by atoms with van der Waals surface area (Å²) in [6.07, 6.45) is 4.89. The summed E-state index contributed by atoms with van der Waals surface area (Å²) in [5.74, 6) is 0. The number of nitrogens with zero attached hydrogens (tertiary/aromatic N) is 1. The number of benzene rings is 1. The van der Waals surface area contributed by atoms with Crippen LogP contribution in [0.1, 0.15) is 28.8 Å². The van der Waals surface area contributed by atoms with Crippen LogP contribution >= 0.6 is 11.3 Å². The molecule has 3 N–H and O–H groups in total. The normalized spacial score (nSPS) is 14.5. The topological polar surface area (TPSA) is 59.1 Å². The van der Waals surface area contributed by atoms with E-state index >= 15 is 0 Å². The fourth-order valence-corrected chi connectivity index (χ4v) is 3.30. The van der Waals surface area contributed by atoms with Crippen molar-refractivity contribution in [3.63, 3.8) is 0 Å². The van der Waals surface area contributed by atoms with Crippen LogP contribution in [0, 0.1) is 0 Å². The number of aromatic nitrogens is 1. The Morgan fingerprint density at radius 1 is 1.22 bits per heavy atom. The Labute approximate surface area is 110 Å². The number of anilines is 1. The molecule has 4 heteroatoms. The monoisotopic (exact) mass is 260 g/mol. The van der Waals surface area contributed by atoms with Crippen LogP contribution in [-0.2, 0) is 19.4 Å². The zero-order chi connectivity index (χ0) is 12.5. The van der Waals surface area contributed by atoms with Gasteiger partial charge in [0.05, 0.1) is 17.2 Å². The van der Waals surface area contributed by atoms with Crippen LogP contribution in [0.2, 0.25) is 0 Å². The molecule has 0 unspecified atom stereocenters. The minimum Gasteiger partial charge on any atom is -0.391 e. The summed E-state index contributed by atoms with van der Waals surface area (Å²) in [5, 5.41) is 9.87. The van der Waals surface area contributed by atoms with Crippen molar-refractivity contribution in [1.29, 1.82) is 0 Å². The number of nitrogen functional groups attached to an aromatic ring is 1. The molecule has 2 aromatic rings. The maximum Gasteiger partial charge on any atom is 0.180 e. The van der Waals surface area contributed by atoms with Gasteiger partial charge < -0.3 is 10.8 Å². The van der Waals surface area contributed by atoms with Crippen LogP contribution in [-0.4, -0.2) is 10.1 Å². The predicted molar refractivity (Wildman–Crippen MR) is 74.5 cm³/mol. The average molecular weight is 260 g/mol. The van der Waals surface area contributed by atoms with Gasteiger partial charge in [-0.1, -0.05) is 23.5 Å². The fraction of sp³-hybridized carbons (Fsp3) is 0.357. The second-order valence-electron chi connectivity index (χ2n) is 4.67. The number of aliphatic hydroxyl groups is 1. The van der Waals surface area contributed by atoms with Crippen molar-refractivity contribution in [1.82, 2.24) is 4.98 Å². The standard InChI is InChI=1S/C14H16N2OS/c15-14-16-13(12(8-17)18-14)11-6-5-9-3-1-2-4-10(9)7-11/h5-7,17H,1-4,8H2,(H2,15,16). The number of hydrogen-bond acceptors (Lipinski definition) is 4. The Morgan fingerprint density at radius 3 is 2.78 bits per heavy atom. The van der Waals surface area contributed by atoms with Crippen molar-refractivity contribution >= 4 is 16.5 Å². The highest BCUT2D eigenvalue weighted by Crippen LogP contribution is 2.32. The van der Waals surface area contributed by atoms with Crippen LogP contribution in [0.5, 0.6) is 0 Å². The van der Waals surface area contributed by atoms with E-state index in [9.17, 15) is 5.11 Å². The minimum atomic E-state index is 0.00127. The van der Waals surface area contributed by atoms with Crippen LogP contribution in [0.4, 0.5) is 5.13 Å². The molecule has 94 valence electrons. The van der Waals surface area contributed by atoms with Gasteiger partial charge in [0.2, 0.25) is 0 Å². The highest BCUT2D eigenvalue weighted by molar-refractivity contribution is 7.15. The van der Waals surface area contributed by atoms with Gasteiger partial charge in [-0.15, -0.1) is 0 Å². The van der Waals surface area contributed by atoms with Gasteiger partial charge in [0.15, 0.2) is 5.13 Å². The summed E-state index contributed by atoms with van der Waals surface area (Å²) in [4.78, 5) is 5.19. The first kappa shape index (κ1) is 11.7. The molecular weight excluding hydrogens is 244 g/mol. The molecule has 0 bridgehead atoms. The van der Waals surface area contributed by atoms with Crippen molar-refractivity contribution in [3.05, 3.63) is 34.2 Å². The summed E-state index contributed by atoms with van der Waals surface area (Å²) in [6.45, 7) is 0.00127. The third-order valence-electron chi connectivity index (χ3n) is 3.48. The summed E-state index contributed by atoms with van der Waals surface area (Å²) in [5.41, 5.74) is 10.5. The number of rotatable bonds is 2. The van der Waals surface area contributed by atoms with Gasteiger partial charge in [-0.2, -0.15) is 0 Å². The Balaban J connectivity index is 2.06. The number of aryl methyl sites for hydroxylation is 2. The van der Waals surface area contributed by atoms with E-state index < -0.39 is 0 Å². The lowest BCUT2D eigenvalue weighted by Crippen LogP contribution is -2.02. The van der Waals surface area contributed by atoms with E-state index in [-0.39, 0.29) is 6.61 Å². The third-order valence-corrected chi connectivity index (χ3v) is 4.35. The molecule has 1 aliphatic rings. The van der Waals surface area contributed by atoms with Gasteiger partial charge in [0.1, 0.15) is 0 Å². The number of thiazole rings is 1. The van der Waals surface area contributed by atoms with E-state index in [4.69, 9.17) is 5.73 Å². The summed E-state index contributed by atoms with van der Waals surface area (Å²) < 4.78 is 0. The van der Waals surface area contributed by atoms with E-state index in [0.29, 0.717) is 5.13 Å². The van der Waals surface area contributed by atoms with Crippen LogP contribution in [0.3, 0.4) is 0 Å². The van der Waals surface area contributed by atoms with Crippen molar-refractivity contribution in [2.45, 2.75) is 32.3 Å². The third kappa shape index (κ3) is 2.02. The number of nitrogens with two attached hydrogens (primary N) is 1. The van der Waals surface area contributed by atoms with Crippen LogP contribution in [0.15, 0.2) is 18.2 Å². The molecule has 0 fully saturated rings. The average Bonchev–Trinajstić information content (AvgIpc) is 2.79. The molecule has 0 amide bonds. The Kier molecular flexibility index (Phi) is 3.06. The summed E-state index contributed by atoms with van der Waals surface area (Å²) in [7, 11) is 0. The molecule has 18 heavy (non-hydrogen) atoms. The van der Waals surface area contributed by atoms with Crippen molar-refractivity contribution in [2.75, 3.05) is 5.73 Å². The van der Waals surface area contributed by atoms with Crippen molar-refractivity contribution in [3.8, 4) is 11.3 Å². The number of aliphatic hydroxyl groups excluding tert-OH is 1. The predicted octanol–water partition coefficient (Wildman–Crippen LogP) is 2.76. The maximum atomic E-state index is 9.35. The first-order valence-corrected chi connectivity index (χ1v) is 7.08. The lowest BCUT2D eigenvalue weighted by atomic mass is 9.90. The first-order valence-electron chi connectivity index (χ1n) is 6.26. The molecule has 0 saturated heterocycles.